The zero-order chi connectivity index (χ0) is 11.2. The fourth-order valence-corrected chi connectivity index (χ4v) is 2.70. The van der Waals surface area contributed by atoms with E-state index in [0.717, 1.165) is 38.6 Å². The number of carbonyl (C=O) groups excluding carboxylic acids is 1. The molecule has 0 amide bonds. The molecular formula is C13H22O3. The third-order valence-corrected chi connectivity index (χ3v) is 3.78. The molecule has 92 valence electrons. The molecule has 1 saturated heterocycles. The molecule has 0 bridgehead atoms. The number of hydrogen-bond donors (Lipinski definition) is 0. The highest BCUT2D eigenvalue weighted by Gasteiger charge is 2.26. The lowest BCUT2D eigenvalue weighted by molar-refractivity contribution is -0.173. The van der Waals surface area contributed by atoms with Gasteiger partial charge in [-0.2, -0.15) is 0 Å². The van der Waals surface area contributed by atoms with E-state index in [4.69, 9.17) is 9.47 Å². The van der Waals surface area contributed by atoms with Gasteiger partial charge in [0.05, 0.1) is 6.61 Å². The summed E-state index contributed by atoms with van der Waals surface area (Å²) in [4.78, 5) is 10.9. The van der Waals surface area contributed by atoms with Crippen LogP contribution in [0.3, 0.4) is 0 Å². The first-order chi connectivity index (χ1) is 7.90. The second kappa shape index (κ2) is 6.36. The van der Waals surface area contributed by atoms with Crippen molar-refractivity contribution in [1.82, 2.24) is 0 Å². The number of ether oxygens (including phenoxy) is 2. The van der Waals surface area contributed by atoms with Gasteiger partial charge in [0.1, 0.15) is 6.29 Å². The van der Waals surface area contributed by atoms with Crippen LogP contribution in [0.15, 0.2) is 0 Å². The fourth-order valence-electron chi connectivity index (χ4n) is 2.70. The Balaban J connectivity index is 1.72. The van der Waals surface area contributed by atoms with Gasteiger partial charge < -0.3 is 14.3 Å². The SMILES string of the molecule is O=C[C@@H]1CCCC[C@H]1CO[C@@H]1CCCCO1. The van der Waals surface area contributed by atoms with E-state index < -0.39 is 0 Å². The standard InChI is InChI=1S/C13H22O3/c14-9-11-5-1-2-6-12(11)10-16-13-7-3-4-8-15-13/h9,11-13H,1-8,10H2/t11-,12-,13+/m0/s1. The van der Waals surface area contributed by atoms with Crippen molar-refractivity contribution in [1.29, 1.82) is 0 Å². The summed E-state index contributed by atoms with van der Waals surface area (Å²) in [7, 11) is 0. The van der Waals surface area contributed by atoms with Crippen LogP contribution >= 0.6 is 0 Å². The van der Waals surface area contributed by atoms with E-state index in [9.17, 15) is 4.79 Å². The minimum absolute atomic E-state index is 0.0111. The van der Waals surface area contributed by atoms with E-state index in [1.165, 1.54) is 19.3 Å². The minimum Gasteiger partial charge on any atom is -0.353 e. The van der Waals surface area contributed by atoms with Gasteiger partial charge in [0.15, 0.2) is 6.29 Å². The Kier molecular flexibility index (Phi) is 4.79. The number of rotatable bonds is 4. The molecule has 2 rings (SSSR count). The molecule has 3 nitrogen and oxygen atoms in total. The third-order valence-electron chi connectivity index (χ3n) is 3.78. The molecule has 3 heteroatoms. The Hall–Kier alpha value is -0.410. The summed E-state index contributed by atoms with van der Waals surface area (Å²) in [5, 5.41) is 0. The van der Waals surface area contributed by atoms with E-state index in [1.807, 2.05) is 0 Å². The van der Waals surface area contributed by atoms with Crippen LogP contribution in [-0.4, -0.2) is 25.8 Å². The lowest BCUT2D eigenvalue weighted by atomic mass is 9.80. The molecule has 0 aromatic carbocycles. The van der Waals surface area contributed by atoms with Crippen LogP contribution in [0.1, 0.15) is 44.9 Å². The summed E-state index contributed by atoms with van der Waals surface area (Å²) < 4.78 is 11.3. The summed E-state index contributed by atoms with van der Waals surface area (Å²) in [5.74, 6) is 0.647. The molecule has 0 unspecified atom stereocenters. The Morgan fingerprint density at radius 3 is 2.69 bits per heavy atom. The van der Waals surface area contributed by atoms with E-state index >= 15 is 0 Å². The number of aldehydes is 1. The first kappa shape index (κ1) is 12.1. The first-order valence-corrected chi connectivity index (χ1v) is 6.58. The average Bonchev–Trinajstić information content (AvgIpc) is 2.38. The van der Waals surface area contributed by atoms with Crippen molar-refractivity contribution >= 4 is 6.29 Å². The maximum absolute atomic E-state index is 10.9. The Labute approximate surface area is 97.5 Å². The van der Waals surface area contributed by atoms with E-state index in [1.54, 1.807) is 0 Å². The van der Waals surface area contributed by atoms with Crippen LogP contribution in [0, 0.1) is 11.8 Å². The predicted molar refractivity (Wildman–Crippen MR) is 61.1 cm³/mol. The van der Waals surface area contributed by atoms with Gasteiger partial charge in [-0.15, -0.1) is 0 Å². The topological polar surface area (TPSA) is 35.5 Å². The second-order valence-corrected chi connectivity index (χ2v) is 4.97. The van der Waals surface area contributed by atoms with Gasteiger partial charge >= 0.3 is 0 Å². The smallest absolute Gasteiger partial charge is 0.157 e. The quantitative estimate of drug-likeness (QED) is 0.691. The van der Waals surface area contributed by atoms with Gasteiger partial charge in [0.2, 0.25) is 0 Å². The van der Waals surface area contributed by atoms with Crippen molar-refractivity contribution in [3.63, 3.8) is 0 Å². The molecule has 1 saturated carbocycles. The molecule has 1 aliphatic carbocycles. The van der Waals surface area contributed by atoms with Gasteiger partial charge in [-0.1, -0.05) is 12.8 Å². The minimum atomic E-state index is -0.0111. The number of hydrogen-bond acceptors (Lipinski definition) is 3. The zero-order valence-electron chi connectivity index (χ0n) is 9.90. The second-order valence-electron chi connectivity index (χ2n) is 4.97. The maximum atomic E-state index is 10.9. The fraction of sp³-hybridized carbons (Fsp3) is 0.923. The largest absolute Gasteiger partial charge is 0.353 e. The molecule has 1 aliphatic heterocycles. The van der Waals surface area contributed by atoms with Gasteiger partial charge in [-0.25, -0.2) is 0 Å². The van der Waals surface area contributed by atoms with Crippen LogP contribution in [0.4, 0.5) is 0 Å². The van der Waals surface area contributed by atoms with E-state index in [0.29, 0.717) is 12.5 Å². The van der Waals surface area contributed by atoms with Crippen molar-refractivity contribution in [3.05, 3.63) is 0 Å². The highest BCUT2D eigenvalue weighted by atomic mass is 16.7. The van der Waals surface area contributed by atoms with Crippen molar-refractivity contribution in [2.24, 2.45) is 11.8 Å². The predicted octanol–water partition coefficient (Wildman–Crippen LogP) is 2.53. The monoisotopic (exact) mass is 226 g/mol. The van der Waals surface area contributed by atoms with Crippen LogP contribution in [-0.2, 0) is 14.3 Å². The summed E-state index contributed by atoms with van der Waals surface area (Å²) in [5.41, 5.74) is 0. The summed E-state index contributed by atoms with van der Waals surface area (Å²) in [6.45, 7) is 1.53. The molecular weight excluding hydrogens is 204 g/mol. The maximum Gasteiger partial charge on any atom is 0.157 e. The van der Waals surface area contributed by atoms with Gasteiger partial charge in [0, 0.05) is 12.5 Å². The van der Waals surface area contributed by atoms with Crippen molar-refractivity contribution in [3.8, 4) is 0 Å². The molecule has 16 heavy (non-hydrogen) atoms. The Bertz CT molecular complexity index is 211. The molecule has 0 radical (unpaired) electrons. The van der Waals surface area contributed by atoms with E-state index in [-0.39, 0.29) is 12.2 Å². The van der Waals surface area contributed by atoms with Crippen LogP contribution in [0.25, 0.3) is 0 Å². The van der Waals surface area contributed by atoms with Gasteiger partial charge in [0.25, 0.3) is 0 Å². The zero-order valence-corrected chi connectivity index (χ0v) is 9.90. The van der Waals surface area contributed by atoms with Crippen molar-refractivity contribution in [2.75, 3.05) is 13.2 Å². The molecule has 0 aromatic heterocycles. The normalized spacial score (nSPS) is 35.9. The van der Waals surface area contributed by atoms with E-state index in [2.05, 4.69) is 0 Å². The first-order valence-electron chi connectivity index (χ1n) is 6.58. The summed E-state index contributed by atoms with van der Waals surface area (Å²) in [6, 6.07) is 0. The summed E-state index contributed by atoms with van der Waals surface area (Å²) >= 11 is 0. The molecule has 2 fully saturated rings. The van der Waals surface area contributed by atoms with Crippen molar-refractivity contribution < 1.29 is 14.3 Å². The summed E-state index contributed by atoms with van der Waals surface area (Å²) in [6.07, 6.45) is 9.09. The lowest BCUT2D eigenvalue weighted by Crippen LogP contribution is -2.30. The van der Waals surface area contributed by atoms with Gasteiger partial charge in [-0.3, -0.25) is 0 Å². The molecule has 3 atom stereocenters. The van der Waals surface area contributed by atoms with Crippen LogP contribution in [0.2, 0.25) is 0 Å². The average molecular weight is 226 g/mol. The molecule has 0 N–H and O–H groups in total. The van der Waals surface area contributed by atoms with Gasteiger partial charge in [-0.05, 0) is 38.0 Å². The molecule has 2 aliphatic rings. The molecule has 0 spiro atoms. The molecule has 0 aromatic rings. The molecule has 1 heterocycles. The third kappa shape index (κ3) is 3.29. The van der Waals surface area contributed by atoms with Crippen LogP contribution < -0.4 is 0 Å². The lowest BCUT2D eigenvalue weighted by Gasteiger charge is -2.30. The highest BCUT2D eigenvalue weighted by Crippen LogP contribution is 2.29. The highest BCUT2D eigenvalue weighted by molar-refractivity contribution is 5.54. The number of carbonyl (C=O) groups is 1. The van der Waals surface area contributed by atoms with Crippen molar-refractivity contribution in [2.45, 2.75) is 51.2 Å². The Morgan fingerprint density at radius 2 is 1.94 bits per heavy atom. The van der Waals surface area contributed by atoms with Crippen LogP contribution in [0.5, 0.6) is 0 Å². The Morgan fingerprint density at radius 1 is 1.12 bits per heavy atom.